The molecule has 0 aromatic carbocycles. The molecule has 5 saturated heterocycles. The van der Waals surface area contributed by atoms with E-state index in [0.717, 1.165) is 25.7 Å². The smallest absolute Gasteiger partial charge is 0.228 e. The minimum absolute atomic E-state index is 0.0224. The van der Waals surface area contributed by atoms with Crippen LogP contribution in [0.15, 0.2) is 0 Å². The molecule has 6 aliphatic rings. The minimum atomic E-state index is -0.277. The van der Waals surface area contributed by atoms with Gasteiger partial charge in [-0.2, -0.15) is 0 Å². The first-order valence-electron chi connectivity index (χ1n) is 6.88. The lowest BCUT2D eigenvalue weighted by Crippen LogP contribution is -2.73. The van der Waals surface area contributed by atoms with Crippen molar-refractivity contribution in [2.24, 2.45) is 11.8 Å². The van der Waals surface area contributed by atoms with Gasteiger partial charge in [0.05, 0.1) is 22.9 Å². The highest BCUT2D eigenvalue weighted by Gasteiger charge is 2.61. The average Bonchev–Trinajstić information content (AvgIpc) is 2.32. The van der Waals surface area contributed by atoms with Gasteiger partial charge in [0.25, 0.3) is 0 Å². The largest absolute Gasteiger partial charge is 0.339 e. The normalized spacial score (nSPS) is 47.6. The number of carbonyl (C=O) groups excluding carboxylic acids is 2. The Kier molecular flexibility index (Phi) is 2.19. The summed E-state index contributed by atoms with van der Waals surface area (Å²) in [4.78, 5) is 28.9. The van der Waals surface area contributed by atoms with Crippen molar-refractivity contribution in [3.05, 3.63) is 0 Å². The van der Waals surface area contributed by atoms with Gasteiger partial charge in [0, 0.05) is 14.1 Å². The molecule has 6 rings (SSSR count). The zero-order chi connectivity index (χ0) is 13.3. The first kappa shape index (κ1) is 12.0. The molecular formula is C14H22N2O2. The van der Waals surface area contributed by atoms with E-state index < -0.39 is 0 Å². The lowest BCUT2D eigenvalue weighted by molar-refractivity contribution is -0.182. The van der Waals surface area contributed by atoms with Crippen LogP contribution in [0.4, 0.5) is 0 Å². The van der Waals surface area contributed by atoms with E-state index in [9.17, 15) is 9.59 Å². The third-order valence-electron chi connectivity index (χ3n) is 6.17. The topological polar surface area (TPSA) is 40.6 Å². The molecular weight excluding hydrogens is 228 g/mol. The van der Waals surface area contributed by atoms with E-state index in [1.54, 1.807) is 0 Å². The zero-order valence-electron chi connectivity index (χ0n) is 11.7. The number of piperidine rings is 2. The number of hydrogen-bond donors (Lipinski definition) is 0. The van der Waals surface area contributed by atoms with Crippen LogP contribution in [-0.4, -0.2) is 46.8 Å². The molecule has 0 N–H and O–H groups in total. The summed E-state index contributed by atoms with van der Waals surface area (Å²) >= 11 is 0. The quantitative estimate of drug-likeness (QED) is 0.649. The van der Waals surface area contributed by atoms with Crippen LogP contribution in [0.5, 0.6) is 0 Å². The van der Waals surface area contributed by atoms with E-state index in [4.69, 9.17) is 0 Å². The Balaban J connectivity index is 2.18. The van der Waals surface area contributed by atoms with Crippen molar-refractivity contribution in [2.75, 3.05) is 14.1 Å². The van der Waals surface area contributed by atoms with Crippen molar-refractivity contribution in [1.82, 2.24) is 9.80 Å². The van der Waals surface area contributed by atoms with Gasteiger partial charge in [-0.25, -0.2) is 0 Å². The molecule has 6 fully saturated rings. The molecule has 0 unspecified atom stereocenters. The number of nitrogens with zero attached hydrogens (tertiary/aromatic N) is 2. The van der Waals surface area contributed by atoms with Crippen molar-refractivity contribution < 1.29 is 9.59 Å². The number of amides is 2. The number of hydrogen-bond acceptors (Lipinski definition) is 2. The Hall–Kier alpha value is -1.06. The lowest BCUT2D eigenvalue weighted by Gasteiger charge is -2.61. The Morgan fingerprint density at radius 3 is 1.56 bits per heavy atom. The van der Waals surface area contributed by atoms with Gasteiger partial charge in [0.15, 0.2) is 0 Å². The Morgan fingerprint density at radius 1 is 0.889 bits per heavy atom. The second-order valence-corrected chi connectivity index (χ2v) is 6.69. The highest BCUT2D eigenvalue weighted by atomic mass is 16.2. The predicted molar refractivity (Wildman–Crippen MR) is 67.8 cm³/mol. The maximum absolute atomic E-state index is 12.6. The second kappa shape index (κ2) is 3.28. The molecule has 2 amide bonds. The minimum Gasteiger partial charge on any atom is -0.339 e. The summed E-state index contributed by atoms with van der Waals surface area (Å²) < 4.78 is 0. The molecule has 4 atom stereocenters. The SMILES string of the molecule is CN1C(=O)[C@H]2CC[C@@]1(C)[C@H]1CC[C@@]2(C)N(C)C1=O. The maximum Gasteiger partial charge on any atom is 0.228 e. The van der Waals surface area contributed by atoms with Gasteiger partial charge in [0.2, 0.25) is 11.8 Å². The van der Waals surface area contributed by atoms with E-state index in [-0.39, 0.29) is 34.7 Å². The summed E-state index contributed by atoms with van der Waals surface area (Å²) in [5.41, 5.74) is -0.554. The number of carbonyl (C=O) groups is 2. The third kappa shape index (κ3) is 1.12. The Morgan fingerprint density at radius 2 is 1.22 bits per heavy atom. The van der Waals surface area contributed by atoms with Crippen molar-refractivity contribution >= 4 is 11.8 Å². The van der Waals surface area contributed by atoms with Crippen molar-refractivity contribution in [2.45, 2.75) is 50.6 Å². The summed E-state index contributed by atoms with van der Waals surface area (Å²) in [6.45, 7) is 4.18. The molecule has 4 bridgehead atoms. The third-order valence-corrected chi connectivity index (χ3v) is 6.17. The first-order valence-corrected chi connectivity index (χ1v) is 6.88. The van der Waals surface area contributed by atoms with E-state index in [1.165, 1.54) is 0 Å². The van der Waals surface area contributed by atoms with Gasteiger partial charge in [-0.05, 0) is 39.5 Å². The zero-order valence-corrected chi connectivity index (χ0v) is 11.7. The van der Waals surface area contributed by atoms with E-state index in [1.807, 2.05) is 23.9 Å². The molecule has 1 saturated carbocycles. The van der Waals surface area contributed by atoms with Gasteiger partial charge >= 0.3 is 0 Å². The van der Waals surface area contributed by atoms with Gasteiger partial charge < -0.3 is 9.80 Å². The molecule has 4 nitrogen and oxygen atoms in total. The molecule has 5 aliphatic heterocycles. The highest BCUT2D eigenvalue weighted by molar-refractivity contribution is 5.89. The maximum atomic E-state index is 12.6. The van der Waals surface area contributed by atoms with Crippen LogP contribution < -0.4 is 0 Å². The molecule has 0 aromatic rings. The van der Waals surface area contributed by atoms with Crippen LogP contribution in [0.2, 0.25) is 0 Å². The van der Waals surface area contributed by atoms with Crippen LogP contribution in [0.1, 0.15) is 39.5 Å². The molecule has 0 aromatic heterocycles. The average molecular weight is 250 g/mol. The van der Waals surface area contributed by atoms with Crippen molar-refractivity contribution in [1.29, 1.82) is 0 Å². The summed E-state index contributed by atoms with van der Waals surface area (Å²) in [6.07, 6.45) is 3.76. The van der Waals surface area contributed by atoms with Gasteiger partial charge in [-0.3, -0.25) is 9.59 Å². The fraction of sp³-hybridized carbons (Fsp3) is 0.857. The van der Waals surface area contributed by atoms with Crippen molar-refractivity contribution in [3.8, 4) is 0 Å². The molecule has 1 aliphatic carbocycles. The van der Waals surface area contributed by atoms with Crippen LogP contribution in [0.3, 0.4) is 0 Å². The van der Waals surface area contributed by atoms with Crippen LogP contribution in [0, 0.1) is 11.8 Å². The predicted octanol–water partition coefficient (Wildman–Crippen LogP) is 1.25. The van der Waals surface area contributed by atoms with Gasteiger partial charge in [0.1, 0.15) is 0 Å². The first-order chi connectivity index (χ1) is 8.32. The fourth-order valence-corrected chi connectivity index (χ4v) is 4.40. The summed E-state index contributed by atoms with van der Waals surface area (Å²) in [5, 5.41) is 0. The Labute approximate surface area is 108 Å². The fourth-order valence-electron chi connectivity index (χ4n) is 4.40. The van der Waals surface area contributed by atoms with Crippen LogP contribution in [0.25, 0.3) is 0 Å². The van der Waals surface area contributed by atoms with Crippen LogP contribution in [-0.2, 0) is 9.59 Å². The number of rotatable bonds is 0. The second-order valence-electron chi connectivity index (χ2n) is 6.69. The summed E-state index contributed by atoms with van der Waals surface area (Å²) in [7, 11) is 3.76. The summed E-state index contributed by atoms with van der Waals surface area (Å²) in [6, 6.07) is 0. The van der Waals surface area contributed by atoms with E-state index >= 15 is 0 Å². The van der Waals surface area contributed by atoms with E-state index in [2.05, 4.69) is 13.8 Å². The van der Waals surface area contributed by atoms with Gasteiger partial charge in [-0.1, -0.05) is 0 Å². The standard InChI is InChI=1S/C14H22N2O2/c1-13-7-5-10(12(18)15(13)3)14(2)8-6-9(13)11(17)16(14)4/h9-10H,5-8H2,1-4H3/t9-,10+,13-,14+. The van der Waals surface area contributed by atoms with E-state index in [0.29, 0.717) is 0 Å². The summed E-state index contributed by atoms with van der Waals surface area (Å²) in [5.74, 6) is 0.419. The Bertz CT molecular complexity index is 396. The van der Waals surface area contributed by atoms with Crippen molar-refractivity contribution in [3.63, 3.8) is 0 Å². The molecule has 0 radical (unpaired) electrons. The van der Waals surface area contributed by atoms with Gasteiger partial charge in [-0.15, -0.1) is 0 Å². The molecule has 0 spiro atoms. The molecule has 18 heavy (non-hydrogen) atoms. The highest BCUT2D eigenvalue weighted by Crippen LogP contribution is 2.52. The monoisotopic (exact) mass is 250 g/mol. The van der Waals surface area contributed by atoms with Crippen LogP contribution >= 0.6 is 0 Å². The molecule has 4 heteroatoms. The molecule has 100 valence electrons. The molecule has 5 heterocycles. The lowest BCUT2D eigenvalue weighted by atomic mass is 9.60.